The highest BCUT2D eigenvalue weighted by Crippen LogP contribution is 2.35. The summed E-state index contributed by atoms with van der Waals surface area (Å²) >= 11 is 0. The van der Waals surface area contributed by atoms with Crippen molar-refractivity contribution in [2.45, 2.75) is 38.7 Å². The minimum Gasteiger partial charge on any atom is -0.479 e. The number of hydrogen-bond acceptors (Lipinski definition) is 5. The van der Waals surface area contributed by atoms with Crippen molar-refractivity contribution >= 4 is 27.5 Å². The lowest BCUT2D eigenvalue weighted by Crippen LogP contribution is -2.50. The fourth-order valence-corrected chi connectivity index (χ4v) is 5.59. The molecule has 9 heteroatoms. The molecule has 0 saturated carbocycles. The van der Waals surface area contributed by atoms with E-state index in [1.54, 1.807) is 24.8 Å². The molecule has 0 aliphatic carbocycles. The Labute approximate surface area is 188 Å². The molecular formula is C23H27N3O5S. The van der Waals surface area contributed by atoms with E-state index in [-0.39, 0.29) is 29.8 Å². The van der Waals surface area contributed by atoms with E-state index in [0.29, 0.717) is 35.7 Å². The number of ether oxygens (including phenoxy) is 1. The molecule has 0 aromatic heterocycles. The van der Waals surface area contributed by atoms with Crippen LogP contribution in [0.5, 0.6) is 5.75 Å². The van der Waals surface area contributed by atoms with Gasteiger partial charge in [0.1, 0.15) is 5.75 Å². The van der Waals surface area contributed by atoms with E-state index < -0.39 is 16.1 Å². The molecule has 170 valence electrons. The SMILES string of the molecule is Cc1ccc(C(=O)N2CCN(S(=O)(=O)c3cc4c(cc3C)NC(=O)[C@H](C)O4)CC2)cc1C. The molecule has 4 rings (SSSR count). The second kappa shape index (κ2) is 8.22. The van der Waals surface area contributed by atoms with Crippen LogP contribution in [0, 0.1) is 20.8 Å². The maximum absolute atomic E-state index is 13.3. The van der Waals surface area contributed by atoms with Gasteiger partial charge < -0.3 is 15.0 Å². The molecule has 32 heavy (non-hydrogen) atoms. The van der Waals surface area contributed by atoms with Crippen molar-refractivity contribution in [3.8, 4) is 5.75 Å². The molecule has 2 aromatic rings. The molecule has 2 aliphatic rings. The molecule has 0 unspecified atom stereocenters. The van der Waals surface area contributed by atoms with Crippen molar-refractivity contribution in [2.75, 3.05) is 31.5 Å². The van der Waals surface area contributed by atoms with Crippen molar-refractivity contribution < 1.29 is 22.7 Å². The maximum Gasteiger partial charge on any atom is 0.265 e. The number of fused-ring (bicyclic) bond motifs is 1. The first-order chi connectivity index (χ1) is 15.1. The topological polar surface area (TPSA) is 96.0 Å². The van der Waals surface area contributed by atoms with Gasteiger partial charge in [-0.2, -0.15) is 4.31 Å². The van der Waals surface area contributed by atoms with Crippen molar-refractivity contribution in [3.05, 3.63) is 52.6 Å². The highest BCUT2D eigenvalue weighted by atomic mass is 32.2. The number of amides is 2. The zero-order chi connectivity index (χ0) is 23.2. The number of carbonyl (C=O) groups is 2. The summed E-state index contributed by atoms with van der Waals surface area (Å²) in [6, 6.07) is 8.70. The lowest BCUT2D eigenvalue weighted by atomic mass is 10.1. The van der Waals surface area contributed by atoms with Gasteiger partial charge in [0, 0.05) is 37.8 Å². The van der Waals surface area contributed by atoms with E-state index >= 15 is 0 Å². The van der Waals surface area contributed by atoms with Gasteiger partial charge in [-0.3, -0.25) is 9.59 Å². The Morgan fingerprint density at radius 3 is 2.34 bits per heavy atom. The Kier molecular flexibility index (Phi) is 5.72. The van der Waals surface area contributed by atoms with Crippen LogP contribution >= 0.6 is 0 Å². The number of hydrogen-bond donors (Lipinski definition) is 1. The summed E-state index contributed by atoms with van der Waals surface area (Å²) < 4.78 is 33.7. The second-order valence-electron chi connectivity index (χ2n) is 8.36. The summed E-state index contributed by atoms with van der Waals surface area (Å²) in [6.07, 6.45) is -0.694. The van der Waals surface area contributed by atoms with Crippen molar-refractivity contribution in [1.82, 2.24) is 9.21 Å². The molecule has 0 bridgehead atoms. The number of benzene rings is 2. The van der Waals surface area contributed by atoms with Crippen LogP contribution < -0.4 is 10.1 Å². The molecule has 2 amide bonds. The van der Waals surface area contributed by atoms with Crippen LogP contribution in [-0.4, -0.2) is 61.7 Å². The third-order valence-electron chi connectivity index (χ3n) is 6.11. The zero-order valence-electron chi connectivity index (χ0n) is 18.6. The molecule has 1 saturated heterocycles. The number of nitrogens with zero attached hydrogens (tertiary/aromatic N) is 2. The molecule has 1 N–H and O–H groups in total. The van der Waals surface area contributed by atoms with Crippen LogP contribution in [0.15, 0.2) is 35.2 Å². The number of nitrogens with one attached hydrogen (secondary N) is 1. The van der Waals surface area contributed by atoms with E-state index in [1.165, 1.54) is 10.4 Å². The van der Waals surface area contributed by atoms with Crippen LogP contribution in [0.1, 0.15) is 34.0 Å². The largest absolute Gasteiger partial charge is 0.479 e. The van der Waals surface area contributed by atoms with Gasteiger partial charge in [0.2, 0.25) is 10.0 Å². The van der Waals surface area contributed by atoms with Crippen LogP contribution in [0.3, 0.4) is 0 Å². The summed E-state index contributed by atoms with van der Waals surface area (Å²) in [5.74, 6) is -0.0184. The predicted molar refractivity (Wildman–Crippen MR) is 120 cm³/mol. The fraction of sp³-hybridized carbons (Fsp3) is 0.391. The Morgan fingerprint density at radius 1 is 1.00 bits per heavy atom. The molecule has 2 heterocycles. The monoisotopic (exact) mass is 457 g/mol. The first kappa shape index (κ1) is 22.3. The Bertz CT molecular complexity index is 1200. The van der Waals surface area contributed by atoms with Gasteiger partial charge in [0.05, 0.1) is 10.6 Å². The van der Waals surface area contributed by atoms with Gasteiger partial charge in [0.25, 0.3) is 11.8 Å². The summed E-state index contributed by atoms with van der Waals surface area (Å²) in [5.41, 5.74) is 3.77. The van der Waals surface area contributed by atoms with E-state index in [4.69, 9.17) is 4.74 Å². The quantitative estimate of drug-likeness (QED) is 0.764. The first-order valence-corrected chi connectivity index (χ1v) is 12.0. The van der Waals surface area contributed by atoms with Crippen molar-refractivity contribution in [2.24, 2.45) is 0 Å². The summed E-state index contributed by atoms with van der Waals surface area (Å²) in [6.45, 7) is 8.32. The standard InChI is InChI=1S/C23H27N3O5S/c1-14-5-6-18(11-15(14)2)23(28)25-7-9-26(10-8-25)32(29,30)21-13-20-19(12-16(21)3)24-22(27)17(4)31-20/h5-6,11-13,17H,7-10H2,1-4H3,(H,24,27)/t17-/m0/s1. The van der Waals surface area contributed by atoms with Gasteiger partial charge in [0.15, 0.2) is 6.10 Å². The zero-order valence-corrected chi connectivity index (χ0v) is 19.5. The Hall–Kier alpha value is -2.91. The molecule has 1 fully saturated rings. The average molecular weight is 458 g/mol. The molecular weight excluding hydrogens is 430 g/mol. The summed E-state index contributed by atoms with van der Waals surface area (Å²) in [7, 11) is -3.78. The summed E-state index contributed by atoms with van der Waals surface area (Å²) in [5, 5.41) is 2.73. The number of anilines is 1. The van der Waals surface area contributed by atoms with E-state index in [0.717, 1.165) is 11.1 Å². The number of aryl methyl sites for hydroxylation is 3. The number of rotatable bonds is 3. The number of piperazine rings is 1. The maximum atomic E-state index is 13.3. The Morgan fingerprint density at radius 2 is 1.69 bits per heavy atom. The lowest BCUT2D eigenvalue weighted by molar-refractivity contribution is -0.122. The molecule has 2 aromatic carbocycles. The molecule has 0 spiro atoms. The lowest BCUT2D eigenvalue weighted by Gasteiger charge is -2.34. The molecule has 1 atom stereocenters. The molecule has 8 nitrogen and oxygen atoms in total. The van der Waals surface area contributed by atoms with E-state index in [1.807, 2.05) is 32.0 Å². The fourth-order valence-electron chi connectivity index (χ4n) is 3.95. The van der Waals surface area contributed by atoms with Crippen LogP contribution in [0.4, 0.5) is 5.69 Å². The smallest absolute Gasteiger partial charge is 0.265 e. The van der Waals surface area contributed by atoms with Gasteiger partial charge in [-0.05, 0) is 62.6 Å². The summed E-state index contributed by atoms with van der Waals surface area (Å²) in [4.78, 5) is 26.5. The van der Waals surface area contributed by atoms with Crippen molar-refractivity contribution in [1.29, 1.82) is 0 Å². The first-order valence-electron chi connectivity index (χ1n) is 10.6. The minimum atomic E-state index is -3.78. The Balaban J connectivity index is 1.51. The average Bonchev–Trinajstić information content (AvgIpc) is 2.76. The second-order valence-corrected chi connectivity index (χ2v) is 10.3. The van der Waals surface area contributed by atoms with Crippen LogP contribution in [-0.2, 0) is 14.8 Å². The highest BCUT2D eigenvalue weighted by Gasteiger charge is 2.33. The van der Waals surface area contributed by atoms with Gasteiger partial charge >= 0.3 is 0 Å². The highest BCUT2D eigenvalue weighted by molar-refractivity contribution is 7.89. The third kappa shape index (κ3) is 3.98. The van der Waals surface area contributed by atoms with Crippen LogP contribution in [0.25, 0.3) is 0 Å². The normalized spacial score (nSPS) is 19.2. The van der Waals surface area contributed by atoms with Gasteiger partial charge in [-0.15, -0.1) is 0 Å². The third-order valence-corrected chi connectivity index (χ3v) is 8.15. The number of sulfonamides is 1. The van der Waals surface area contributed by atoms with Crippen LogP contribution in [0.2, 0.25) is 0 Å². The van der Waals surface area contributed by atoms with Crippen molar-refractivity contribution in [3.63, 3.8) is 0 Å². The van der Waals surface area contributed by atoms with Gasteiger partial charge in [-0.1, -0.05) is 6.07 Å². The predicted octanol–water partition coefficient (Wildman–Crippen LogP) is 2.48. The van der Waals surface area contributed by atoms with E-state index in [2.05, 4.69) is 5.32 Å². The molecule has 2 aliphatic heterocycles. The van der Waals surface area contributed by atoms with Gasteiger partial charge in [-0.25, -0.2) is 8.42 Å². The van der Waals surface area contributed by atoms with E-state index in [9.17, 15) is 18.0 Å². The number of carbonyl (C=O) groups excluding carboxylic acids is 2. The minimum absolute atomic E-state index is 0.0896. The molecule has 0 radical (unpaired) electrons.